The predicted molar refractivity (Wildman–Crippen MR) is 104 cm³/mol. The fourth-order valence-corrected chi connectivity index (χ4v) is 3.60. The molecule has 0 radical (unpaired) electrons. The molecule has 0 bridgehead atoms. The van der Waals surface area contributed by atoms with Crippen LogP contribution in [0.1, 0.15) is 23.5 Å². The van der Waals surface area contributed by atoms with Crippen LogP contribution < -0.4 is 0 Å². The maximum Gasteiger partial charge on any atom is 0.304 e. The standard InChI is InChI=1S/C23H19NO2/c25-21(26)15-19(16-9-3-1-4-10-16)22-18-13-7-8-14-20(18)24-23(22)17-11-5-2-6-12-17/h1-14,19,24H,15H2,(H,25,26). The first-order valence-electron chi connectivity index (χ1n) is 8.67. The molecule has 2 N–H and O–H groups in total. The van der Waals surface area contributed by atoms with E-state index in [-0.39, 0.29) is 12.3 Å². The lowest BCUT2D eigenvalue weighted by molar-refractivity contribution is -0.137. The third-order valence-corrected chi connectivity index (χ3v) is 4.74. The first kappa shape index (κ1) is 16.2. The summed E-state index contributed by atoms with van der Waals surface area (Å²) in [6.07, 6.45) is 0.0473. The van der Waals surface area contributed by atoms with Gasteiger partial charge >= 0.3 is 5.97 Å². The van der Waals surface area contributed by atoms with Crippen molar-refractivity contribution in [2.24, 2.45) is 0 Å². The summed E-state index contributed by atoms with van der Waals surface area (Å²) < 4.78 is 0. The number of carboxylic acid groups (broad SMARTS) is 1. The van der Waals surface area contributed by atoms with Crippen LogP contribution in [0.15, 0.2) is 84.9 Å². The van der Waals surface area contributed by atoms with Crippen molar-refractivity contribution in [3.8, 4) is 11.3 Å². The normalized spacial score (nSPS) is 12.2. The molecule has 1 atom stereocenters. The molecular formula is C23H19NO2. The number of para-hydroxylation sites is 1. The number of rotatable bonds is 5. The molecule has 1 aromatic heterocycles. The fourth-order valence-electron chi connectivity index (χ4n) is 3.60. The highest BCUT2D eigenvalue weighted by Crippen LogP contribution is 2.40. The first-order valence-corrected chi connectivity index (χ1v) is 8.67. The number of nitrogens with one attached hydrogen (secondary N) is 1. The van der Waals surface area contributed by atoms with Gasteiger partial charge in [-0.05, 0) is 22.8 Å². The van der Waals surface area contributed by atoms with Crippen LogP contribution in [0.2, 0.25) is 0 Å². The van der Waals surface area contributed by atoms with E-state index in [9.17, 15) is 9.90 Å². The van der Waals surface area contributed by atoms with Gasteiger partial charge in [-0.25, -0.2) is 0 Å². The molecule has 4 aromatic rings. The molecule has 3 heteroatoms. The van der Waals surface area contributed by atoms with Gasteiger partial charge in [0.25, 0.3) is 0 Å². The second kappa shape index (κ2) is 6.89. The Morgan fingerprint density at radius 2 is 1.46 bits per heavy atom. The van der Waals surface area contributed by atoms with Crippen molar-refractivity contribution in [2.75, 3.05) is 0 Å². The molecule has 1 heterocycles. The molecule has 0 fully saturated rings. The summed E-state index contributed by atoms with van der Waals surface area (Å²) in [5.41, 5.74) is 5.12. The Balaban J connectivity index is 1.99. The van der Waals surface area contributed by atoms with Gasteiger partial charge in [0.05, 0.1) is 12.1 Å². The average molecular weight is 341 g/mol. The van der Waals surface area contributed by atoms with Crippen LogP contribution in [0.25, 0.3) is 22.2 Å². The van der Waals surface area contributed by atoms with Gasteiger partial charge in [-0.1, -0.05) is 78.9 Å². The SMILES string of the molecule is O=C(O)CC(c1ccccc1)c1c(-c2ccccc2)[nH]c2ccccc12. The molecule has 0 aliphatic heterocycles. The number of hydrogen-bond donors (Lipinski definition) is 2. The van der Waals surface area contributed by atoms with Gasteiger partial charge in [-0.2, -0.15) is 0 Å². The third kappa shape index (κ3) is 3.00. The van der Waals surface area contributed by atoms with E-state index in [2.05, 4.69) is 23.2 Å². The number of aromatic amines is 1. The summed E-state index contributed by atoms with van der Waals surface area (Å²) >= 11 is 0. The first-order chi connectivity index (χ1) is 12.7. The summed E-state index contributed by atoms with van der Waals surface area (Å²) in [7, 11) is 0. The van der Waals surface area contributed by atoms with Gasteiger partial charge in [-0.15, -0.1) is 0 Å². The van der Waals surface area contributed by atoms with E-state index in [1.54, 1.807) is 0 Å². The lowest BCUT2D eigenvalue weighted by Crippen LogP contribution is -2.08. The van der Waals surface area contributed by atoms with Crippen LogP contribution in [0.3, 0.4) is 0 Å². The number of H-pyrrole nitrogens is 1. The Hall–Kier alpha value is -3.33. The van der Waals surface area contributed by atoms with E-state index in [4.69, 9.17) is 0 Å². The van der Waals surface area contributed by atoms with Crippen molar-refractivity contribution in [3.05, 3.63) is 96.1 Å². The third-order valence-electron chi connectivity index (χ3n) is 4.74. The number of carboxylic acids is 1. The number of aliphatic carboxylic acids is 1. The maximum absolute atomic E-state index is 11.7. The fraction of sp³-hybridized carbons (Fsp3) is 0.0870. The quantitative estimate of drug-likeness (QED) is 0.508. The minimum absolute atomic E-state index is 0.0473. The zero-order valence-electron chi connectivity index (χ0n) is 14.2. The minimum Gasteiger partial charge on any atom is -0.481 e. The number of carbonyl (C=O) groups is 1. The van der Waals surface area contributed by atoms with E-state index in [1.165, 1.54) is 0 Å². The van der Waals surface area contributed by atoms with E-state index in [0.717, 1.165) is 33.3 Å². The monoisotopic (exact) mass is 341 g/mol. The summed E-state index contributed by atoms with van der Waals surface area (Å²) in [4.78, 5) is 15.2. The Morgan fingerprint density at radius 3 is 2.15 bits per heavy atom. The largest absolute Gasteiger partial charge is 0.481 e. The van der Waals surface area contributed by atoms with Gasteiger partial charge < -0.3 is 10.1 Å². The van der Waals surface area contributed by atoms with Gasteiger partial charge in [0.2, 0.25) is 0 Å². The van der Waals surface area contributed by atoms with Crippen LogP contribution in [0.5, 0.6) is 0 Å². The number of benzene rings is 3. The van der Waals surface area contributed by atoms with Crippen molar-refractivity contribution in [2.45, 2.75) is 12.3 Å². The van der Waals surface area contributed by atoms with E-state index in [1.807, 2.05) is 66.7 Å². The summed E-state index contributed by atoms with van der Waals surface area (Å²) in [5.74, 6) is -1.02. The van der Waals surface area contributed by atoms with Crippen LogP contribution in [0, 0.1) is 0 Å². The molecule has 3 aromatic carbocycles. The lowest BCUT2D eigenvalue weighted by Gasteiger charge is -2.18. The molecule has 0 aliphatic carbocycles. The molecule has 4 rings (SSSR count). The Morgan fingerprint density at radius 1 is 0.846 bits per heavy atom. The van der Waals surface area contributed by atoms with Crippen molar-refractivity contribution < 1.29 is 9.90 Å². The summed E-state index contributed by atoms with van der Waals surface area (Å²) in [6.45, 7) is 0. The molecule has 0 saturated carbocycles. The highest BCUT2D eigenvalue weighted by atomic mass is 16.4. The van der Waals surface area contributed by atoms with Gasteiger partial charge in [0.1, 0.15) is 0 Å². The Labute approximate surface area is 151 Å². The second-order valence-electron chi connectivity index (χ2n) is 6.39. The number of hydrogen-bond acceptors (Lipinski definition) is 1. The molecule has 0 aliphatic rings. The molecular weight excluding hydrogens is 322 g/mol. The smallest absolute Gasteiger partial charge is 0.304 e. The van der Waals surface area contributed by atoms with E-state index >= 15 is 0 Å². The number of fused-ring (bicyclic) bond motifs is 1. The van der Waals surface area contributed by atoms with Crippen LogP contribution in [-0.4, -0.2) is 16.1 Å². The molecule has 26 heavy (non-hydrogen) atoms. The zero-order chi connectivity index (χ0) is 17.9. The minimum atomic E-state index is -0.803. The molecule has 0 amide bonds. The molecule has 128 valence electrons. The van der Waals surface area contributed by atoms with Gasteiger partial charge in [0.15, 0.2) is 0 Å². The molecule has 0 spiro atoms. The van der Waals surface area contributed by atoms with Crippen LogP contribution >= 0.6 is 0 Å². The summed E-state index contributed by atoms with van der Waals surface area (Å²) in [6, 6.07) is 28.1. The van der Waals surface area contributed by atoms with Crippen molar-refractivity contribution in [1.82, 2.24) is 4.98 Å². The van der Waals surface area contributed by atoms with Gasteiger partial charge in [0, 0.05) is 16.8 Å². The van der Waals surface area contributed by atoms with Crippen LogP contribution in [-0.2, 0) is 4.79 Å². The second-order valence-corrected chi connectivity index (χ2v) is 6.39. The van der Waals surface area contributed by atoms with E-state index < -0.39 is 5.97 Å². The summed E-state index contributed by atoms with van der Waals surface area (Å²) in [5, 5.41) is 10.6. The zero-order valence-corrected chi connectivity index (χ0v) is 14.2. The average Bonchev–Trinajstić information content (AvgIpc) is 3.07. The van der Waals surface area contributed by atoms with E-state index in [0.29, 0.717) is 0 Å². The topological polar surface area (TPSA) is 53.1 Å². The Kier molecular flexibility index (Phi) is 4.28. The molecule has 0 saturated heterocycles. The molecule has 3 nitrogen and oxygen atoms in total. The van der Waals surface area contributed by atoms with Crippen molar-refractivity contribution in [1.29, 1.82) is 0 Å². The lowest BCUT2D eigenvalue weighted by atomic mass is 9.85. The highest BCUT2D eigenvalue weighted by molar-refractivity contribution is 5.92. The number of aromatic nitrogens is 1. The highest BCUT2D eigenvalue weighted by Gasteiger charge is 2.25. The maximum atomic E-state index is 11.7. The van der Waals surface area contributed by atoms with Crippen LogP contribution in [0.4, 0.5) is 0 Å². The predicted octanol–water partition coefficient (Wildman–Crippen LogP) is 5.44. The van der Waals surface area contributed by atoms with Crippen molar-refractivity contribution >= 4 is 16.9 Å². The van der Waals surface area contributed by atoms with Gasteiger partial charge in [-0.3, -0.25) is 4.79 Å². The molecule has 1 unspecified atom stereocenters. The Bertz CT molecular complexity index is 1040. The van der Waals surface area contributed by atoms with Crippen molar-refractivity contribution in [3.63, 3.8) is 0 Å².